The highest BCUT2D eigenvalue weighted by Gasteiger charge is 2.60. The van der Waals surface area contributed by atoms with Crippen molar-refractivity contribution in [1.82, 2.24) is 0 Å². The third-order valence-electron chi connectivity index (χ3n) is 5.59. The van der Waals surface area contributed by atoms with E-state index in [1.54, 1.807) is 7.11 Å². The first-order valence-corrected chi connectivity index (χ1v) is 7.89. The molecule has 0 saturated carbocycles. The van der Waals surface area contributed by atoms with Crippen LogP contribution in [-0.4, -0.2) is 7.11 Å². The van der Waals surface area contributed by atoms with Crippen LogP contribution in [0.4, 0.5) is 0 Å². The van der Waals surface area contributed by atoms with Crippen LogP contribution in [0, 0.1) is 11.8 Å². The third kappa shape index (κ3) is 1.34. The molecular formula is C20H18O2. The summed E-state index contributed by atoms with van der Waals surface area (Å²) in [6.45, 7) is 2.27. The van der Waals surface area contributed by atoms with Crippen LogP contribution in [0.15, 0.2) is 54.1 Å². The molecule has 5 rings (SSSR count). The highest BCUT2D eigenvalue weighted by molar-refractivity contribution is 5.80. The lowest BCUT2D eigenvalue weighted by Crippen LogP contribution is -2.33. The van der Waals surface area contributed by atoms with Gasteiger partial charge in [-0.2, -0.15) is 0 Å². The molecule has 0 N–H and O–H groups in total. The van der Waals surface area contributed by atoms with E-state index in [2.05, 4.69) is 49.4 Å². The fourth-order valence-corrected chi connectivity index (χ4v) is 4.72. The molecule has 0 spiro atoms. The van der Waals surface area contributed by atoms with Gasteiger partial charge in [0.25, 0.3) is 0 Å². The van der Waals surface area contributed by atoms with Crippen LogP contribution >= 0.6 is 0 Å². The average Bonchev–Trinajstić information content (AvgIpc) is 3.08. The van der Waals surface area contributed by atoms with Gasteiger partial charge in [-0.1, -0.05) is 48.0 Å². The minimum absolute atomic E-state index is 0.175. The van der Waals surface area contributed by atoms with E-state index < -0.39 is 0 Å². The van der Waals surface area contributed by atoms with Gasteiger partial charge in [0, 0.05) is 17.4 Å². The van der Waals surface area contributed by atoms with E-state index in [9.17, 15) is 0 Å². The quantitative estimate of drug-likeness (QED) is 0.808. The van der Waals surface area contributed by atoms with Gasteiger partial charge >= 0.3 is 0 Å². The standard InChI is InChI=1S/C20H18O2/c1-11-15(12-7-4-3-5-8-12)18-16(11)20-17-13(19(18)22-20)9-6-10-14(17)21-2/h3-10,16,18-20H,1-2H3/t16-,18+,19-,20-/m0/s1. The molecule has 22 heavy (non-hydrogen) atoms. The van der Waals surface area contributed by atoms with Gasteiger partial charge in [0.2, 0.25) is 0 Å². The van der Waals surface area contributed by atoms with Crippen molar-refractivity contribution in [3.8, 4) is 5.75 Å². The smallest absolute Gasteiger partial charge is 0.125 e. The van der Waals surface area contributed by atoms with Crippen molar-refractivity contribution < 1.29 is 9.47 Å². The molecule has 0 aromatic heterocycles. The molecule has 1 fully saturated rings. The molecule has 2 aliphatic heterocycles. The summed E-state index contributed by atoms with van der Waals surface area (Å²) < 4.78 is 11.9. The molecule has 110 valence electrons. The predicted octanol–water partition coefficient (Wildman–Crippen LogP) is 4.54. The normalized spacial score (nSPS) is 30.8. The molecule has 2 heterocycles. The Bertz CT molecular complexity index is 791. The van der Waals surface area contributed by atoms with Crippen molar-refractivity contribution in [3.05, 3.63) is 70.8 Å². The molecule has 0 unspecified atom stereocenters. The summed E-state index contributed by atoms with van der Waals surface area (Å²) in [6.07, 6.45) is 0.368. The second-order valence-corrected chi connectivity index (χ2v) is 6.45. The third-order valence-corrected chi connectivity index (χ3v) is 5.59. The highest BCUT2D eigenvalue weighted by Crippen LogP contribution is 2.69. The first-order valence-electron chi connectivity index (χ1n) is 7.89. The first-order chi connectivity index (χ1) is 10.8. The van der Waals surface area contributed by atoms with E-state index in [0.717, 1.165) is 5.75 Å². The molecule has 1 aliphatic carbocycles. The second kappa shape index (κ2) is 4.23. The number of methoxy groups -OCH3 is 1. The van der Waals surface area contributed by atoms with Gasteiger partial charge in [0.1, 0.15) is 5.75 Å². The summed E-state index contributed by atoms with van der Waals surface area (Å²) in [4.78, 5) is 0. The molecule has 2 nitrogen and oxygen atoms in total. The van der Waals surface area contributed by atoms with E-state index in [0.29, 0.717) is 11.8 Å². The Balaban J connectivity index is 1.63. The van der Waals surface area contributed by atoms with Crippen molar-refractivity contribution in [3.63, 3.8) is 0 Å². The van der Waals surface area contributed by atoms with Gasteiger partial charge in [-0.25, -0.2) is 0 Å². The molecule has 2 aromatic rings. The molecular weight excluding hydrogens is 272 g/mol. The molecule has 3 aliphatic rings. The van der Waals surface area contributed by atoms with E-state index >= 15 is 0 Å². The van der Waals surface area contributed by atoms with Crippen LogP contribution in [0.25, 0.3) is 5.57 Å². The second-order valence-electron chi connectivity index (χ2n) is 6.45. The van der Waals surface area contributed by atoms with Gasteiger partial charge < -0.3 is 9.47 Å². The van der Waals surface area contributed by atoms with E-state index in [1.165, 1.54) is 27.8 Å². The number of hydrogen-bond acceptors (Lipinski definition) is 2. The van der Waals surface area contributed by atoms with Crippen molar-refractivity contribution in [2.45, 2.75) is 19.1 Å². The number of benzene rings is 2. The van der Waals surface area contributed by atoms with E-state index in [4.69, 9.17) is 9.47 Å². The lowest BCUT2D eigenvalue weighted by atomic mass is 9.59. The lowest BCUT2D eigenvalue weighted by Gasteiger charge is -2.42. The van der Waals surface area contributed by atoms with Gasteiger partial charge in [0.05, 0.1) is 19.3 Å². The maximum atomic E-state index is 6.37. The average molecular weight is 290 g/mol. The predicted molar refractivity (Wildman–Crippen MR) is 85.6 cm³/mol. The van der Waals surface area contributed by atoms with Crippen LogP contribution in [0.3, 0.4) is 0 Å². The molecule has 2 bridgehead atoms. The minimum Gasteiger partial charge on any atom is -0.496 e. The summed E-state index contributed by atoms with van der Waals surface area (Å²) in [7, 11) is 1.75. The Labute approximate surface area is 130 Å². The Morgan fingerprint density at radius 3 is 2.50 bits per heavy atom. The zero-order valence-corrected chi connectivity index (χ0v) is 12.7. The topological polar surface area (TPSA) is 18.5 Å². The maximum absolute atomic E-state index is 6.37. The zero-order chi connectivity index (χ0) is 14.8. The first kappa shape index (κ1) is 12.5. The number of fused-ring (bicyclic) bond motifs is 8. The molecule has 0 radical (unpaired) electrons. The minimum atomic E-state index is 0.175. The Hall–Kier alpha value is -2.06. The van der Waals surface area contributed by atoms with Gasteiger partial charge in [-0.15, -0.1) is 0 Å². The van der Waals surface area contributed by atoms with Gasteiger partial charge in [0.15, 0.2) is 0 Å². The highest BCUT2D eigenvalue weighted by atomic mass is 16.5. The fraction of sp³-hybridized carbons (Fsp3) is 0.300. The van der Waals surface area contributed by atoms with Crippen LogP contribution in [0.5, 0.6) is 5.75 Å². The van der Waals surface area contributed by atoms with Crippen LogP contribution in [0.1, 0.15) is 35.8 Å². The number of ether oxygens (including phenoxy) is 2. The molecule has 4 atom stereocenters. The van der Waals surface area contributed by atoms with Crippen molar-refractivity contribution >= 4 is 5.57 Å². The summed E-state index contributed by atoms with van der Waals surface area (Å²) in [5, 5.41) is 0. The summed E-state index contributed by atoms with van der Waals surface area (Å²) in [6, 6.07) is 17.1. The molecule has 2 heteroatoms. The Morgan fingerprint density at radius 2 is 1.73 bits per heavy atom. The van der Waals surface area contributed by atoms with Gasteiger partial charge in [-0.05, 0) is 29.7 Å². The summed E-state index contributed by atoms with van der Waals surface area (Å²) >= 11 is 0. The van der Waals surface area contributed by atoms with Crippen LogP contribution < -0.4 is 4.74 Å². The number of hydrogen-bond donors (Lipinski definition) is 0. The fourth-order valence-electron chi connectivity index (χ4n) is 4.72. The van der Waals surface area contributed by atoms with E-state index in [-0.39, 0.29) is 12.2 Å². The largest absolute Gasteiger partial charge is 0.496 e. The SMILES string of the molecule is COc1cccc2c1[C@H]1O[C@@H]2[C@@H]2C(c3ccccc3)=C(C)[C@@H]21. The van der Waals surface area contributed by atoms with Crippen molar-refractivity contribution in [1.29, 1.82) is 0 Å². The monoisotopic (exact) mass is 290 g/mol. The summed E-state index contributed by atoms with van der Waals surface area (Å²) in [5.74, 6) is 2.00. The summed E-state index contributed by atoms with van der Waals surface area (Å²) in [5.41, 5.74) is 6.93. The van der Waals surface area contributed by atoms with Gasteiger partial charge in [-0.3, -0.25) is 0 Å². The number of rotatable bonds is 2. The molecule has 2 aromatic carbocycles. The lowest BCUT2D eigenvalue weighted by molar-refractivity contribution is 0.0613. The Morgan fingerprint density at radius 1 is 0.909 bits per heavy atom. The molecule has 0 amide bonds. The Kier molecular flexibility index (Phi) is 2.40. The van der Waals surface area contributed by atoms with Crippen LogP contribution in [-0.2, 0) is 4.74 Å². The van der Waals surface area contributed by atoms with Crippen molar-refractivity contribution in [2.75, 3.05) is 7.11 Å². The van der Waals surface area contributed by atoms with Crippen LogP contribution in [0.2, 0.25) is 0 Å². The maximum Gasteiger partial charge on any atom is 0.125 e. The van der Waals surface area contributed by atoms with E-state index in [1.807, 2.05) is 6.07 Å². The van der Waals surface area contributed by atoms with Crippen molar-refractivity contribution in [2.24, 2.45) is 11.8 Å². The zero-order valence-electron chi connectivity index (χ0n) is 12.7. The molecule has 1 saturated heterocycles.